The lowest BCUT2D eigenvalue weighted by Crippen LogP contribution is -2.61. The minimum absolute atomic E-state index is 0.0606. The third kappa shape index (κ3) is 2.52. The van der Waals surface area contributed by atoms with E-state index in [1.165, 1.54) is 12.0 Å². The van der Waals surface area contributed by atoms with Gasteiger partial charge in [-0.25, -0.2) is 0 Å². The van der Waals surface area contributed by atoms with Crippen LogP contribution >= 0.6 is 0 Å². The maximum Gasteiger partial charge on any atom is 0.228 e. The van der Waals surface area contributed by atoms with E-state index in [9.17, 15) is 9.59 Å². The quantitative estimate of drug-likeness (QED) is 0.786. The summed E-state index contributed by atoms with van der Waals surface area (Å²) in [5.74, 6) is 0.868. The molecule has 2 fully saturated rings. The fourth-order valence-corrected chi connectivity index (χ4v) is 3.86. The van der Waals surface area contributed by atoms with Crippen molar-refractivity contribution in [2.45, 2.75) is 31.7 Å². The minimum atomic E-state index is -0.193. The number of nitrogens with zero attached hydrogens (tertiary/aromatic N) is 5. The first-order valence-electron chi connectivity index (χ1n) is 8.64. The average Bonchev–Trinajstić information content (AvgIpc) is 3.11. The Morgan fingerprint density at radius 3 is 2.75 bits per heavy atom. The van der Waals surface area contributed by atoms with Crippen molar-refractivity contribution < 1.29 is 9.59 Å². The number of hydrogen-bond acceptors (Lipinski definition) is 5. The van der Waals surface area contributed by atoms with Crippen molar-refractivity contribution in [1.82, 2.24) is 20.0 Å². The van der Waals surface area contributed by atoms with Crippen LogP contribution in [-0.2, 0) is 22.4 Å². The van der Waals surface area contributed by atoms with Crippen LogP contribution in [0.25, 0.3) is 0 Å². The van der Waals surface area contributed by atoms with Crippen LogP contribution in [0.1, 0.15) is 24.1 Å². The van der Waals surface area contributed by atoms with Crippen LogP contribution in [0, 0.1) is 5.92 Å². The van der Waals surface area contributed by atoms with Gasteiger partial charge in [-0.2, -0.15) is 5.10 Å². The van der Waals surface area contributed by atoms with Crippen molar-refractivity contribution in [1.29, 1.82) is 0 Å². The third-order valence-electron chi connectivity index (χ3n) is 5.58. The molecule has 1 aliphatic carbocycles. The highest BCUT2D eigenvalue weighted by atomic mass is 16.2. The summed E-state index contributed by atoms with van der Waals surface area (Å²) in [7, 11) is 3.61. The normalized spacial score (nSPS) is 23.4. The molecule has 2 saturated heterocycles. The molecule has 4 rings (SSSR count). The van der Waals surface area contributed by atoms with E-state index in [2.05, 4.69) is 21.2 Å². The third-order valence-corrected chi connectivity index (χ3v) is 5.58. The van der Waals surface area contributed by atoms with Gasteiger partial charge in [-0.1, -0.05) is 0 Å². The van der Waals surface area contributed by atoms with Crippen LogP contribution in [0.4, 0.5) is 5.82 Å². The molecule has 128 valence electrons. The highest BCUT2D eigenvalue weighted by molar-refractivity contribution is 5.89. The standard InChI is InChI=1S/C17H23N5O2/c1-20-8-12(7-16(20)23)17(24)21(2)13-9-22(10-13)15-6-11-4-3-5-14(11)18-19-15/h6,12-13H,3-5,7-10H2,1-2H3. The maximum atomic E-state index is 12.6. The molecule has 3 aliphatic rings. The highest BCUT2D eigenvalue weighted by Gasteiger charge is 2.39. The van der Waals surface area contributed by atoms with Crippen LogP contribution in [0.3, 0.4) is 0 Å². The van der Waals surface area contributed by atoms with Crippen LogP contribution in [0.15, 0.2) is 6.07 Å². The molecule has 1 atom stereocenters. The van der Waals surface area contributed by atoms with E-state index >= 15 is 0 Å². The molecule has 0 spiro atoms. The number of carbonyl (C=O) groups excluding carboxylic acids is 2. The van der Waals surface area contributed by atoms with Gasteiger partial charge in [-0.3, -0.25) is 9.59 Å². The van der Waals surface area contributed by atoms with E-state index < -0.39 is 0 Å². The number of rotatable bonds is 3. The van der Waals surface area contributed by atoms with E-state index in [1.54, 1.807) is 11.9 Å². The van der Waals surface area contributed by atoms with Gasteiger partial charge in [-0.15, -0.1) is 5.10 Å². The molecule has 1 aromatic rings. The highest BCUT2D eigenvalue weighted by Crippen LogP contribution is 2.27. The molecular weight excluding hydrogens is 306 g/mol. The molecule has 3 heterocycles. The second-order valence-corrected chi connectivity index (χ2v) is 7.21. The monoisotopic (exact) mass is 329 g/mol. The SMILES string of the molecule is CN1CC(C(=O)N(C)C2CN(c3cc4c(nn3)CCC4)C2)CC1=O. The Bertz CT molecular complexity index is 686. The van der Waals surface area contributed by atoms with Crippen molar-refractivity contribution in [2.75, 3.05) is 38.6 Å². The maximum absolute atomic E-state index is 12.6. The number of aromatic nitrogens is 2. The molecule has 0 N–H and O–H groups in total. The van der Waals surface area contributed by atoms with E-state index in [0.717, 1.165) is 37.4 Å². The molecule has 0 radical (unpaired) electrons. The zero-order chi connectivity index (χ0) is 16.8. The summed E-state index contributed by atoms with van der Waals surface area (Å²) in [6.45, 7) is 2.10. The first-order chi connectivity index (χ1) is 11.5. The first kappa shape index (κ1) is 15.4. The summed E-state index contributed by atoms with van der Waals surface area (Å²) in [5.41, 5.74) is 2.46. The summed E-state index contributed by atoms with van der Waals surface area (Å²) in [4.78, 5) is 29.8. The summed E-state index contributed by atoms with van der Waals surface area (Å²) in [6, 6.07) is 2.34. The second-order valence-electron chi connectivity index (χ2n) is 7.21. The van der Waals surface area contributed by atoms with Crippen molar-refractivity contribution >= 4 is 17.6 Å². The molecule has 2 amide bonds. The number of amides is 2. The smallest absolute Gasteiger partial charge is 0.228 e. The number of fused-ring (bicyclic) bond motifs is 1. The number of anilines is 1. The van der Waals surface area contributed by atoms with Crippen molar-refractivity contribution in [3.63, 3.8) is 0 Å². The van der Waals surface area contributed by atoms with Crippen molar-refractivity contribution in [3.05, 3.63) is 17.3 Å². The Morgan fingerprint density at radius 1 is 1.25 bits per heavy atom. The molecule has 1 unspecified atom stereocenters. The summed E-state index contributed by atoms with van der Waals surface area (Å²) < 4.78 is 0. The number of hydrogen-bond donors (Lipinski definition) is 0. The molecule has 0 saturated carbocycles. The zero-order valence-corrected chi connectivity index (χ0v) is 14.2. The van der Waals surface area contributed by atoms with Crippen molar-refractivity contribution in [2.24, 2.45) is 5.92 Å². The molecule has 7 nitrogen and oxygen atoms in total. The van der Waals surface area contributed by atoms with Crippen molar-refractivity contribution in [3.8, 4) is 0 Å². The van der Waals surface area contributed by atoms with Crippen LogP contribution in [0.5, 0.6) is 0 Å². The fraction of sp³-hybridized carbons (Fsp3) is 0.647. The van der Waals surface area contributed by atoms with Gasteiger partial charge in [0.25, 0.3) is 0 Å². The topological polar surface area (TPSA) is 69.6 Å². The molecule has 7 heteroatoms. The molecule has 24 heavy (non-hydrogen) atoms. The van der Waals surface area contributed by atoms with Crippen LogP contribution < -0.4 is 4.90 Å². The number of likely N-dealkylation sites (N-methyl/N-ethyl adjacent to an activating group) is 1. The summed E-state index contributed by atoms with van der Waals surface area (Å²) in [6.07, 6.45) is 3.64. The summed E-state index contributed by atoms with van der Waals surface area (Å²) in [5, 5.41) is 8.66. The molecule has 2 aliphatic heterocycles. The van der Waals surface area contributed by atoms with Gasteiger partial charge in [0.1, 0.15) is 0 Å². The van der Waals surface area contributed by atoms with Crippen LogP contribution in [-0.4, -0.2) is 71.6 Å². The number of likely N-dealkylation sites (tertiary alicyclic amines) is 1. The van der Waals surface area contributed by atoms with Gasteiger partial charge in [0.15, 0.2) is 5.82 Å². The lowest BCUT2D eigenvalue weighted by molar-refractivity contribution is -0.137. The van der Waals surface area contributed by atoms with Crippen LogP contribution in [0.2, 0.25) is 0 Å². The van der Waals surface area contributed by atoms with E-state index in [1.807, 2.05) is 11.9 Å². The predicted octanol–water partition coefficient (Wildman–Crippen LogP) is 0.0906. The lowest BCUT2D eigenvalue weighted by Gasteiger charge is -2.45. The zero-order valence-electron chi connectivity index (χ0n) is 14.2. The van der Waals surface area contributed by atoms with Gasteiger partial charge >= 0.3 is 0 Å². The Kier molecular flexibility index (Phi) is 3.66. The van der Waals surface area contributed by atoms with Gasteiger partial charge in [0, 0.05) is 40.2 Å². The Balaban J connectivity index is 1.35. The van der Waals surface area contributed by atoms with Gasteiger partial charge in [0.05, 0.1) is 17.7 Å². The Morgan fingerprint density at radius 2 is 2.04 bits per heavy atom. The van der Waals surface area contributed by atoms with E-state index in [-0.39, 0.29) is 23.8 Å². The molecule has 0 bridgehead atoms. The molecular formula is C17H23N5O2. The molecule has 1 aromatic heterocycles. The molecule has 0 aromatic carbocycles. The number of aryl methyl sites for hydroxylation is 2. The number of carbonyl (C=O) groups is 2. The minimum Gasteiger partial charge on any atom is -0.351 e. The average molecular weight is 329 g/mol. The van der Waals surface area contributed by atoms with Gasteiger partial charge < -0.3 is 14.7 Å². The Hall–Kier alpha value is -2.18. The van der Waals surface area contributed by atoms with E-state index in [4.69, 9.17) is 0 Å². The Labute approximate surface area is 141 Å². The lowest BCUT2D eigenvalue weighted by atomic mass is 10.0. The van der Waals surface area contributed by atoms with Gasteiger partial charge in [-0.05, 0) is 30.9 Å². The first-order valence-corrected chi connectivity index (χ1v) is 8.64. The second kappa shape index (κ2) is 5.72. The fourth-order valence-electron chi connectivity index (χ4n) is 3.86. The van der Waals surface area contributed by atoms with Gasteiger partial charge in [0.2, 0.25) is 11.8 Å². The van der Waals surface area contributed by atoms with E-state index in [0.29, 0.717) is 13.0 Å². The largest absolute Gasteiger partial charge is 0.351 e. The predicted molar refractivity (Wildman–Crippen MR) is 88.6 cm³/mol. The summed E-state index contributed by atoms with van der Waals surface area (Å²) >= 11 is 0.